The molecule has 1 aliphatic carbocycles. The highest BCUT2D eigenvalue weighted by atomic mass is 16.5. The van der Waals surface area contributed by atoms with E-state index in [2.05, 4.69) is 27.4 Å². The van der Waals surface area contributed by atoms with Gasteiger partial charge in [-0.25, -0.2) is 0 Å². The lowest BCUT2D eigenvalue weighted by atomic mass is 9.67. The summed E-state index contributed by atoms with van der Waals surface area (Å²) in [4.78, 5) is 11.2. The SMILES string of the molecule is C=C1C[C@@H](C(C)(C)C)CC[C@H]1CC(=O)OC. The van der Waals surface area contributed by atoms with E-state index in [4.69, 9.17) is 4.74 Å². The van der Waals surface area contributed by atoms with Crippen LogP contribution in [0.4, 0.5) is 0 Å². The molecule has 1 rings (SSSR count). The molecule has 0 aliphatic heterocycles. The van der Waals surface area contributed by atoms with Crippen molar-refractivity contribution in [2.75, 3.05) is 7.11 Å². The van der Waals surface area contributed by atoms with Gasteiger partial charge >= 0.3 is 5.97 Å². The summed E-state index contributed by atoms with van der Waals surface area (Å²) in [6, 6.07) is 0. The van der Waals surface area contributed by atoms with Crippen molar-refractivity contribution in [3.63, 3.8) is 0 Å². The first-order valence-electron chi connectivity index (χ1n) is 6.09. The minimum Gasteiger partial charge on any atom is -0.469 e. The lowest BCUT2D eigenvalue weighted by molar-refractivity contribution is -0.141. The van der Waals surface area contributed by atoms with Crippen LogP contribution in [-0.4, -0.2) is 13.1 Å². The minimum atomic E-state index is -0.111. The fraction of sp³-hybridized carbons (Fsp3) is 0.786. The first kappa shape index (κ1) is 13.3. The lowest BCUT2D eigenvalue weighted by Crippen LogP contribution is -2.28. The predicted octanol–water partition coefficient (Wildman–Crippen LogP) is 3.57. The number of ether oxygens (including phenoxy) is 1. The molecule has 2 heteroatoms. The van der Waals surface area contributed by atoms with Gasteiger partial charge in [-0.3, -0.25) is 4.79 Å². The fourth-order valence-electron chi connectivity index (χ4n) is 2.46. The van der Waals surface area contributed by atoms with Crippen LogP contribution in [0.3, 0.4) is 0 Å². The fourth-order valence-corrected chi connectivity index (χ4v) is 2.46. The Morgan fingerprint density at radius 1 is 1.44 bits per heavy atom. The molecule has 0 heterocycles. The van der Waals surface area contributed by atoms with E-state index in [1.165, 1.54) is 19.1 Å². The van der Waals surface area contributed by atoms with Gasteiger partial charge < -0.3 is 4.74 Å². The van der Waals surface area contributed by atoms with E-state index in [1.807, 2.05) is 0 Å². The Labute approximate surface area is 99.1 Å². The summed E-state index contributed by atoms with van der Waals surface area (Å²) < 4.78 is 4.72. The molecule has 0 N–H and O–H groups in total. The second-order valence-corrected chi connectivity index (χ2v) is 5.98. The molecule has 0 spiro atoms. The molecule has 0 aromatic heterocycles. The molecule has 92 valence electrons. The summed E-state index contributed by atoms with van der Waals surface area (Å²) in [5, 5.41) is 0. The number of carbonyl (C=O) groups is 1. The Hall–Kier alpha value is -0.790. The van der Waals surface area contributed by atoms with Crippen LogP contribution in [0.2, 0.25) is 0 Å². The van der Waals surface area contributed by atoms with Gasteiger partial charge in [0.1, 0.15) is 0 Å². The maximum Gasteiger partial charge on any atom is 0.306 e. The molecule has 2 nitrogen and oxygen atoms in total. The smallest absolute Gasteiger partial charge is 0.306 e. The van der Waals surface area contributed by atoms with Crippen LogP contribution >= 0.6 is 0 Å². The van der Waals surface area contributed by atoms with Gasteiger partial charge in [0.15, 0.2) is 0 Å². The minimum absolute atomic E-state index is 0.111. The molecule has 0 bridgehead atoms. The van der Waals surface area contributed by atoms with E-state index in [9.17, 15) is 4.79 Å². The first-order chi connectivity index (χ1) is 7.34. The number of rotatable bonds is 2. The predicted molar refractivity (Wildman–Crippen MR) is 66.1 cm³/mol. The number of methoxy groups -OCH3 is 1. The third-order valence-corrected chi connectivity index (χ3v) is 3.82. The number of hydrogen-bond acceptors (Lipinski definition) is 2. The van der Waals surface area contributed by atoms with E-state index in [0.29, 0.717) is 23.7 Å². The van der Waals surface area contributed by atoms with Crippen molar-refractivity contribution >= 4 is 5.97 Å². The highest BCUT2D eigenvalue weighted by Crippen LogP contribution is 2.42. The average Bonchev–Trinajstić information content (AvgIpc) is 2.19. The molecule has 1 fully saturated rings. The largest absolute Gasteiger partial charge is 0.469 e. The molecule has 0 aromatic rings. The van der Waals surface area contributed by atoms with Crippen LogP contribution in [0.1, 0.15) is 46.5 Å². The third kappa shape index (κ3) is 3.36. The van der Waals surface area contributed by atoms with Crippen molar-refractivity contribution in [2.45, 2.75) is 46.5 Å². The van der Waals surface area contributed by atoms with Gasteiger partial charge in [-0.1, -0.05) is 32.9 Å². The van der Waals surface area contributed by atoms with Gasteiger partial charge in [0, 0.05) is 0 Å². The summed E-state index contributed by atoms with van der Waals surface area (Å²) in [5.74, 6) is 0.931. The lowest BCUT2D eigenvalue weighted by Gasteiger charge is -2.38. The van der Waals surface area contributed by atoms with E-state index >= 15 is 0 Å². The standard InChI is InChI=1S/C14H24O2/c1-10-8-12(14(2,3)4)7-6-11(10)9-13(15)16-5/h11-12H,1,6-9H2,2-5H3/t11-,12-/m0/s1. The van der Waals surface area contributed by atoms with E-state index in [0.717, 1.165) is 12.8 Å². The molecule has 1 saturated carbocycles. The van der Waals surface area contributed by atoms with Crippen molar-refractivity contribution in [2.24, 2.45) is 17.3 Å². The number of allylic oxidation sites excluding steroid dienone is 1. The molecule has 0 saturated heterocycles. The highest BCUT2D eigenvalue weighted by Gasteiger charge is 2.32. The van der Waals surface area contributed by atoms with E-state index < -0.39 is 0 Å². The third-order valence-electron chi connectivity index (χ3n) is 3.82. The molecular formula is C14H24O2. The highest BCUT2D eigenvalue weighted by molar-refractivity contribution is 5.69. The number of hydrogen-bond donors (Lipinski definition) is 0. The van der Waals surface area contributed by atoms with Gasteiger partial charge in [-0.05, 0) is 36.5 Å². The maximum atomic E-state index is 11.2. The molecule has 1 aliphatic rings. The summed E-state index contributed by atoms with van der Waals surface area (Å²) in [7, 11) is 1.45. The molecular weight excluding hydrogens is 200 g/mol. The Balaban J connectivity index is 2.53. The van der Waals surface area contributed by atoms with Crippen molar-refractivity contribution < 1.29 is 9.53 Å². The van der Waals surface area contributed by atoms with Gasteiger partial charge in [0.05, 0.1) is 13.5 Å². The Kier molecular flexibility index (Phi) is 4.17. The summed E-state index contributed by atoms with van der Waals surface area (Å²) in [5.41, 5.74) is 1.58. The van der Waals surface area contributed by atoms with Crippen molar-refractivity contribution in [1.29, 1.82) is 0 Å². The van der Waals surface area contributed by atoms with Crippen LogP contribution in [0.15, 0.2) is 12.2 Å². The Morgan fingerprint density at radius 3 is 2.50 bits per heavy atom. The Morgan fingerprint density at radius 2 is 2.06 bits per heavy atom. The van der Waals surface area contributed by atoms with Gasteiger partial charge in [0.2, 0.25) is 0 Å². The van der Waals surface area contributed by atoms with Crippen molar-refractivity contribution in [1.82, 2.24) is 0 Å². The van der Waals surface area contributed by atoms with Crippen molar-refractivity contribution in [3.05, 3.63) is 12.2 Å². The zero-order valence-electron chi connectivity index (χ0n) is 11.0. The zero-order chi connectivity index (χ0) is 12.3. The van der Waals surface area contributed by atoms with Crippen LogP contribution in [0.5, 0.6) is 0 Å². The topological polar surface area (TPSA) is 26.3 Å². The average molecular weight is 224 g/mol. The van der Waals surface area contributed by atoms with Crippen LogP contribution in [0, 0.1) is 17.3 Å². The van der Waals surface area contributed by atoms with Gasteiger partial charge in [0.25, 0.3) is 0 Å². The summed E-state index contributed by atoms with van der Waals surface area (Å²) in [6.45, 7) is 11.0. The van der Waals surface area contributed by atoms with Crippen molar-refractivity contribution in [3.8, 4) is 0 Å². The van der Waals surface area contributed by atoms with E-state index in [1.54, 1.807) is 0 Å². The second kappa shape index (κ2) is 5.03. The van der Waals surface area contributed by atoms with Gasteiger partial charge in [-0.2, -0.15) is 0 Å². The summed E-state index contributed by atoms with van der Waals surface area (Å²) >= 11 is 0. The maximum absolute atomic E-state index is 11.2. The normalized spacial score (nSPS) is 26.6. The monoisotopic (exact) mass is 224 g/mol. The van der Waals surface area contributed by atoms with Gasteiger partial charge in [-0.15, -0.1) is 0 Å². The molecule has 0 aromatic carbocycles. The molecule has 0 amide bonds. The number of esters is 1. The zero-order valence-corrected chi connectivity index (χ0v) is 11.0. The molecule has 0 radical (unpaired) electrons. The first-order valence-corrected chi connectivity index (χ1v) is 6.09. The number of carbonyl (C=O) groups excluding carboxylic acids is 1. The molecule has 2 atom stereocenters. The van der Waals surface area contributed by atoms with Crippen LogP contribution in [-0.2, 0) is 9.53 Å². The van der Waals surface area contributed by atoms with Crippen LogP contribution in [0.25, 0.3) is 0 Å². The summed E-state index contributed by atoms with van der Waals surface area (Å²) in [6.07, 6.45) is 3.84. The molecule has 16 heavy (non-hydrogen) atoms. The second-order valence-electron chi connectivity index (χ2n) is 5.98. The molecule has 0 unspecified atom stereocenters. The Bertz CT molecular complexity index is 273. The van der Waals surface area contributed by atoms with E-state index in [-0.39, 0.29) is 5.97 Å². The quantitative estimate of drug-likeness (QED) is 0.529. The van der Waals surface area contributed by atoms with Crippen LogP contribution < -0.4 is 0 Å².